The van der Waals surface area contributed by atoms with Crippen LogP contribution in [0.3, 0.4) is 0 Å². The molecule has 124 valence electrons. The fourth-order valence-corrected chi connectivity index (χ4v) is 4.12. The molecule has 0 unspecified atom stereocenters. The predicted octanol–water partition coefficient (Wildman–Crippen LogP) is 2.44. The quantitative estimate of drug-likeness (QED) is 0.769. The van der Waals surface area contributed by atoms with Gasteiger partial charge in [-0.2, -0.15) is 0 Å². The molecule has 1 aromatic heterocycles. The van der Waals surface area contributed by atoms with Gasteiger partial charge in [0.05, 0.1) is 21.0 Å². The Morgan fingerprint density at radius 2 is 1.54 bits per heavy atom. The van der Waals surface area contributed by atoms with Crippen LogP contribution in [0.2, 0.25) is 0 Å². The van der Waals surface area contributed by atoms with Gasteiger partial charge in [0.15, 0.2) is 9.84 Å². The Hall–Kier alpha value is -2.45. The van der Waals surface area contributed by atoms with Crippen molar-refractivity contribution >= 4 is 36.5 Å². The third-order valence-corrected chi connectivity index (χ3v) is 5.89. The van der Waals surface area contributed by atoms with Crippen molar-refractivity contribution in [3.8, 4) is 0 Å². The molecule has 0 bridgehead atoms. The third kappa shape index (κ3) is 3.24. The lowest BCUT2D eigenvalue weighted by atomic mass is 10.2. The number of sulfonamides is 1. The Balaban J connectivity index is 2.06. The van der Waals surface area contributed by atoms with E-state index in [1.54, 1.807) is 24.4 Å². The number of benzene rings is 2. The number of fused-ring (bicyclic) bond motifs is 1. The zero-order valence-electron chi connectivity index (χ0n) is 12.7. The van der Waals surface area contributed by atoms with Crippen LogP contribution < -0.4 is 4.72 Å². The Kier molecular flexibility index (Phi) is 4.02. The van der Waals surface area contributed by atoms with E-state index in [-0.39, 0.29) is 9.79 Å². The van der Waals surface area contributed by atoms with E-state index in [0.29, 0.717) is 11.2 Å². The molecule has 2 aromatic carbocycles. The van der Waals surface area contributed by atoms with Crippen LogP contribution in [0.4, 0.5) is 5.69 Å². The smallest absolute Gasteiger partial charge is 0.262 e. The molecular weight excluding hydrogens is 348 g/mol. The minimum absolute atomic E-state index is 0.0542. The molecule has 3 aromatic rings. The molecule has 3 rings (SSSR count). The van der Waals surface area contributed by atoms with E-state index in [1.165, 1.54) is 18.2 Å². The number of hydrogen-bond donors (Lipinski definition) is 1. The van der Waals surface area contributed by atoms with E-state index in [0.717, 1.165) is 17.7 Å². The van der Waals surface area contributed by atoms with Crippen LogP contribution in [0, 0.1) is 0 Å². The molecular formula is C16H14N2O4S2. The Morgan fingerprint density at radius 3 is 2.29 bits per heavy atom. The summed E-state index contributed by atoms with van der Waals surface area (Å²) in [6.07, 6.45) is 2.60. The van der Waals surface area contributed by atoms with Gasteiger partial charge in [0.1, 0.15) is 0 Å². The van der Waals surface area contributed by atoms with Gasteiger partial charge in [0.25, 0.3) is 10.0 Å². The van der Waals surface area contributed by atoms with Crippen LogP contribution in [0.5, 0.6) is 0 Å². The fraction of sp³-hybridized carbons (Fsp3) is 0.0625. The second-order valence-electron chi connectivity index (χ2n) is 5.23. The van der Waals surface area contributed by atoms with Gasteiger partial charge in [0.2, 0.25) is 0 Å². The predicted molar refractivity (Wildman–Crippen MR) is 92.1 cm³/mol. The summed E-state index contributed by atoms with van der Waals surface area (Å²) in [5, 5.41) is 0.794. The third-order valence-electron chi connectivity index (χ3n) is 3.42. The first-order chi connectivity index (χ1) is 11.3. The lowest BCUT2D eigenvalue weighted by Gasteiger charge is -2.10. The number of para-hydroxylation sites is 1. The normalized spacial score (nSPS) is 12.2. The molecule has 1 N–H and O–H groups in total. The monoisotopic (exact) mass is 362 g/mol. The molecule has 0 atom stereocenters. The van der Waals surface area contributed by atoms with Crippen molar-refractivity contribution in [1.29, 1.82) is 0 Å². The van der Waals surface area contributed by atoms with Gasteiger partial charge < -0.3 is 0 Å². The zero-order chi connectivity index (χ0) is 17.4. The Labute approximate surface area is 140 Å². The minimum atomic E-state index is -3.94. The Morgan fingerprint density at radius 1 is 0.875 bits per heavy atom. The highest BCUT2D eigenvalue weighted by molar-refractivity contribution is 7.93. The van der Waals surface area contributed by atoms with Crippen molar-refractivity contribution in [2.24, 2.45) is 0 Å². The van der Waals surface area contributed by atoms with Gasteiger partial charge in [0, 0.05) is 17.8 Å². The van der Waals surface area contributed by atoms with Crippen molar-refractivity contribution in [2.75, 3.05) is 11.0 Å². The second-order valence-corrected chi connectivity index (χ2v) is 8.93. The molecule has 0 amide bonds. The second kappa shape index (κ2) is 5.88. The van der Waals surface area contributed by atoms with Crippen molar-refractivity contribution < 1.29 is 16.8 Å². The highest BCUT2D eigenvalue weighted by Gasteiger charge is 2.18. The highest BCUT2D eigenvalue weighted by Crippen LogP contribution is 2.24. The number of sulfone groups is 1. The number of rotatable bonds is 4. The average Bonchev–Trinajstić information content (AvgIpc) is 2.54. The largest absolute Gasteiger partial charge is 0.277 e. The molecule has 0 spiro atoms. The molecule has 0 aliphatic carbocycles. The lowest BCUT2D eigenvalue weighted by Crippen LogP contribution is -2.14. The fourth-order valence-electron chi connectivity index (χ4n) is 2.26. The number of nitrogens with zero attached hydrogens (tertiary/aromatic N) is 1. The van der Waals surface area contributed by atoms with E-state index in [1.807, 2.05) is 12.1 Å². The van der Waals surface area contributed by atoms with Crippen LogP contribution in [0.15, 0.2) is 70.6 Å². The van der Waals surface area contributed by atoms with E-state index in [2.05, 4.69) is 9.71 Å². The first kappa shape index (κ1) is 16.4. The molecule has 6 nitrogen and oxygen atoms in total. The molecule has 0 aliphatic heterocycles. The van der Waals surface area contributed by atoms with E-state index in [4.69, 9.17) is 0 Å². The summed E-state index contributed by atoms with van der Waals surface area (Å²) in [6, 6.07) is 14.0. The molecule has 1 heterocycles. The van der Waals surface area contributed by atoms with Crippen molar-refractivity contribution in [1.82, 2.24) is 4.98 Å². The van der Waals surface area contributed by atoms with Gasteiger partial charge in [-0.1, -0.05) is 24.3 Å². The average molecular weight is 362 g/mol. The summed E-state index contributed by atoms with van der Waals surface area (Å²) in [7, 11) is -7.44. The number of anilines is 1. The maximum absolute atomic E-state index is 12.6. The van der Waals surface area contributed by atoms with E-state index >= 15 is 0 Å². The molecule has 0 saturated carbocycles. The summed E-state index contributed by atoms with van der Waals surface area (Å²) in [5.74, 6) is 0. The summed E-state index contributed by atoms with van der Waals surface area (Å²) < 4.78 is 50.9. The number of nitrogens with one attached hydrogen (secondary N) is 1. The summed E-state index contributed by atoms with van der Waals surface area (Å²) in [5.41, 5.74) is 0.848. The first-order valence-electron chi connectivity index (χ1n) is 6.94. The van der Waals surface area contributed by atoms with Crippen molar-refractivity contribution in [3.63, 3.8) is 0 Å². The van der Waals surface area contributed by atoms with Crippen LogP contribution in [-0.2, 0) is 19.9 Å². The van der Waals surface area contributed by atoms with Crippen molar-refractivity contribution in [3.05, 3.63) is 60.8 Å². The number of hydrogen-bond acceptors (Lipinski definition) is 5. The van der Waals surface area contributed by atoms with Gasteiger partial charge in [-0.05, 0) is 30.3 Å². The van der Waals surface area contributed by atoms with Gasteiger partial charge in [-0.25, -0.2) is 16.8 Å². The maximum atomic E-state index is 12.6. The lowest BCUT2D eigenvalue weighted by molar-refractivity contribution is 0.599. The van der Waals surface area contributed by atoms with Gasteiger partial charge in [-0.15, -0.1) is 0 Å². The van der Waals surface area contributed by atoms with Crippen LogP contribution in [0.25, 0.3) is 10.9 Å². The Bertz CT molecular complexity index is 1120. The number of aromatic nitrogens is 1. The SMILES string of the molecule is CS(=O)(=O)c1cccc(S(=O)(=O)Nc2cccc3cccnc23)c1. The standard InChI is InChI=1S/C16H14N2O4S2/c1-23(19,20)13-7-3-8-14(11-13)24(21,22)18-15-9-2-5-12-6-4-10-17-16(12)15/h2-11,18H,1H3. The van der Waals surface area contributed by atoms with Crippen LogP contribution in [-0.4, -0.2) is 28.1 Å². The molecule has 0 aliphatic rings. The van der Waals surface area contributed by atoms with Gasteiger partial charge in [-0.3, -0.25) is 9.71 Å². The topological polar surface area (TPSA) is 93.2 Å². The maximum Gasteiger partial charge on any atom is 0.262 e. The highest BCUT2D eigenvalue weighted by atomic mass is 32.2. The molecule has 0 saturated heterocycles. The van der Waals surface area contributed by atoms with Gasteiger partial charge >= 0.3 is 0 Å². The summed E-state index contributed by atoms with van der Waals surface area (Å²) in [6.45, 7) is 0. The first-order valence-corrected chi connectivity index (χ1v) is 10.3. The summed E-state index contributed by atoms with van der Waals surface area (Å²) >= 11 is 0. The van der Waals surface area contributed by atoms with E-state index < -0.39 is 19.9 Å². The number of pyridine rings is 1. The zero-order valence-corrected chi connectivity index (χ0v) is 14.3. The molecule has 8 heteroatoms. The molecule has 0 fully saturated rings. The van der Waals surface area contributed by atoms with E-state index in [9.17, 15) is 16.8 Å². The molecule has 24 heavy (non-hydrogen) atoms. The van der Waals surface area contributed by atoms with Crippen LogP contribution >= 0.6 is 0 Å². The minimum Gasteiger partial charge on any atom is -0.277 e. The molecule has 0 radical (unpaired) electrons. The van der Waals surface area contributed by atoms with Crippen molar-refractivity contribution in [2.45, 2.75) is 9.79 Å². The van der Waals surface area contributed by atoms with Crippen LogP contribution in [0.1, 0.15) is 0 Å². The summed E-state index contributed by atoms with van der Waals surface area (Å²) in [4.78, 5) is 4.01.